The Hall–Kier alpha value is 4.22. The van der Waals surface area contributed by atoms with Crippen LogP contribution in [0, 0.1) is 0 Å². The number of hydrogen-bond donors (Lipinski definition) is 0. The Morgan fingerprint density at radius 1 is 0.722 bits per heavy atom. The quantitative estimate of drug-likeness (QED) is 0.362. The normalized spacial score (nSPS) is 9.22. The van der Waals surface area contributed by atoms with Gasteiger partial charge in [0.05, 0.1) is 15.6 Å². The minimum atomic E-state index is -4.67. The first-order valence-corrected chi connectivity index (χ1v) is 6.37. The molecule has 0 aliphatic rings. The van der Waals surface area contributed by atoms with Gasteiger partial charge in [-0.25, -0.2) is 0 Å². The molecule has 0 aliphatic carbocycles. The summed E-state index contributed by atoms with van der Waals surface area (Å²) in [5.41, 5.74) is 0. The number of phosphoric ester groups is 2. The fourth-order valence-electron chi connectivity index (χ4n) is 0.316. The maximum atomic E-state index is 9.48. The van der Waals surface area contributed by atoms with Crippen LogP contribution >= 0.6 is 15.6 Å². The molecule has 0 rings (SSSR count). The van der Waals surface area contributed by atoms with Crippen LogP contribution in [0.1, 0.15) is 13.8 Å². The summed E-state index contributed by atoms with van der Waals surface area (Å²) in [7, 11) is -9.33. The van der Waals surface area contributed by atoms with E-state index >= 15 is 0 Å². The molecule has 8 nitrogen and oxygen atoms in total. The average Bonchev–Trinajstić information content (AvgIpc) is 1.81. The summed E-state index contributed by atoms with van der Waals surface area (Å²) in [6.07, 6.45) is 0. The van der Waals surface area contributed by atoms with Crippen LogP contribution in [0.5, 0.6) is 0 Å². The van der Waals surface area contributed by atoms with Gasteiger partial charge in [0.1, 0.15) is 0 Å². The van der Waals surface area contributed by atoms with Crippen LogP contribution in [-0.4, -0.2) is 13.2 Å². The molecule has 0 spiro atoms. The van der Waals surface area contributed by atoms with Crippen LogP contribution in [0.4, 0.5) is 0 Å². The largest absolute Gasteiger partial charge is 1.00 e. The van der Waals surface area contributed by atoms with Crippen LogP contribution in [-0.2, 0) is 18.2 Å². The minimum Gasteiger partial charge on any atom is -0.790 e. The summed E-state index contributed by atoms with van der Waals surface area (Å²) >= 11 is 0. The Kier molecular flexibility index (Phi) is 44.8. The van der Waals surface area contributed by atoms with E-state index in [4.69, 9.17) is 0 Å². The molecular weight excluding hydrogens is 330 g/mol. The van der Waals surface area contributed by atoms with E-state index in [0.29, 0.717) is 0 Å². The van der Waals surface area contributed by atoms with Gasteiger partial charge in [-0.1, -0.05) is 0 Å². The third kappa shape index (κ3) is 50.0. The van der Waals surface area contributed by atoms with Crippen LogP contribution in [0.3, 0.4) is 0 Å². The Morgan fingerprint density at radius 3 is 0.889 bits per heavy atom. The van der Waals surface area contributed by atoms with Gasteiger partial charge in [-0.2, -0.15) is 0 Å². The fraction of sp³-hybridized carbons (Fsp3) is 1.00. The second-order valence-corrected chi connectivity index (χ2v) is 4.04. The van der Waals surface area contributed by atoms with Gasteiger partial charge < -0.3 is 37.8 Å². The molecule has 0 aliphatic heterocycles. The van der Waals surface area contributed by atoms with Crippen LogP contribution in [0.2, 0.25) is 0 Å². The Morgan fingerprint density at radius 2 is 0.889 bits per heavy atom. The third-order valence-corrected chi connectivity index (χ3v) is 1.72. The van der Waals surface area contributed by atoms with E-state index in [1.54, 1.807) is 0 Å². The van der Waals surface area contributed by atoms with Crippen molar-refractivity contribution in [3.63, 3.8) is 0 Å². The summed E-state index contributed by atoms with van der Waals surface area (Å²) in [6, 6.07) is 0. The van der Waals surface area contributed by atoms with Crippen molar-refractivity contribution < 1.29 is 156 Å². The van der Waals surface area contributed by atoms with Crippen molar-refractivity contribution in [1.29, 1.82) is 0 Å². The molecule has 88 valence electrons. The van der Waals surface area contributed by atoms with Crippen LogP contribution in [0.25, 0.3) is 0 Å². The molecule has 0 fully saturated rings. The van der Waals surface area contributed by atoms with Gasteiger partial charge in [-0.15, -0.1) is 0 Å². The zero-order valence-electron chi connectivity index (χ0n) is 11.6. The molecule has 0 unspecified atom stereocenters. The Labute approximate surface area is 195 Å². The number of phosphoric acid groups is 2. The molecule has 0 aromatic carbocycles. The van der Waals surface area contributed by atoms with E-state index in [9.17, 15) is 28.7 Å². The van der Waals surface area contributed by atoms with Gasteiger partial charge in [0.2, 0.25) is 0 Å². The molecule has 0 amide bonds. The van der Waals surface area contributed by atoms with Crippen molar-refractivity contribution in [2.45, 2.75) is 13.8 Å². The van der Waals surface area contributed by atoms with Crippen LogP contribution in [0.15, 0.2) is 0 Å². The van der Waals surface area contributed by atoms with Gasteiger partial charge in [-0.05, 0) is 13.8 Å². The summed E-state index contributed by atoms with van der Waals surface area (Å²) in [4.78, 5) is 37.9. The molecule has 0 saturated heterocycles. The molecule has 0 aromatic rings. The van der Waals surface area contributed by atoms with E-state index < -0.39 is 15.6 Å². The summed E-state index contributed by atoms with van der Waals surface area (Å²) in [6.45, 7) is 2.71. The maximum Gasteiger partial charge on any atom is 1.00 e. The molecule has 0 N–H and O–H groups in total. The van der Waals surface area contributed by atoms with Crippen molar-refractivity contribution in [3.8, 4) is 0 Å². The molecule has 0 atom stereocenters. The molecule has 14 heteroatoms. The zero-order chi connectivity index (χ0) is 11.8. The number of rotatable bonds is 4. The van der Waals surface area contributed by atoms with Crippen molar-refractivity contribution in [2.75, 3.05) is 13.2 Å². The van der Waals surface area contributed by atoms with Gasteiger partial charge in [-0.3, -0.25) is 0 Å². The Balaban J connectivity index is -0.0000000327. The smallest absolute Gasteiger partial charge is 0.790 e. The predicted octanol–water partition coefficient (Wildman–Crippen LogP) is -14.3. The monoisotopic (exact) mass is 340 g/mol. The summed E-state index contributed by atoms with van der Waals surface area (Å²) < 4.78 is 26.3. The van der Waals surface area contributed by atoms with E-state index in [1.165, 1.54) is 13.8 Å². The van der Waals surface area contributed by atoms with Gasteiger partial charge in [0, 0.05) is 13.2 Å². The first-order valence-electron chi connectivity index (χ1n) is 3.45. The van der Waals surface area contributed by atoms with Gasteiger partial charge >= 0.3 is 118 Å². The van der Waals surface area contributed by atoms with Crippen molar-refractivity contribution in [1.82, 2.24) is 0 Å². The standard InChI is InChI=1S/2C2H7O4P.4Na/c2*1-2-6-7(3,4)5;;;;/h2*2H2,1H3,(H2,3,4,5);;;;/q;;4*+1/p-4. The molecule has 0 bridgehead atoms. The molecule has 0 heterocycles. The molecule has 0 radical (unpaired) electrons. The molecule has 0 saturated carbocycles. The van der Waals surface area contributed by atoms with E-state index in [2.05, 4.69) is 9.05 Å². The van der Waals surface area contributed by atoms with Gasteiger partial charge in [0.25, 0.3) is 0 Å². The second-order valence-electron chi connectivity index (χ2n) is 1.73. The van der Waals surface area contributed by atoms with Gasteiger partial charge in [0.15, 0.2) is 0 Å². The van der Waals surface area contributed by atoms with Crippen molar-refractivity contribution in [3.05, 3.63) is 0 Å². The predicted molar refractivity (Wildman–Crippen MR) is 38.5 cm³/mol. The third-order valence-electron chi connectivity index (χ3n) is 0.574. The van der Waals surface area contributed by atoms with E-state index in [-0.39, 0.29) is 131 Å². The van der Waals surface area contributed by atoms with Crippen molar-refractivity contribution >= 4 is 15.6 Å². The zero-order valence-corrected chi connectivity index (χ0v) is 21.4. The van der Waals surface area contributed by atoms with Crippen molar-refractivity contribution in [2.24, 2.45) is 0 Å². The van der Waals surface area contributed by atoms with E-state index in [1.807, 2.05) is 0 Å². The maximum absolute atomic E-state index is 9.48. The molecule has 0 aromatic heterocycles. The molecular formula is C4H10Na4O8P2. The topological polar surface area (TPSA) is 145 Å². The SMILES string of the molecule is CCOP(=O)([O-])[O-].CCOP(=O)([O-])[O-].[Na+].[Na+].[Na+].[Na+]. The average molecular weight is 340 g/mol. The second kappa shape index (κ2) is 21.2. The first-order chi connectivity index (χ1) is 6.12. The summed E-state index contributed by atoms with van der Waals surface area (Å²) in [5, 5.41) is 0. The van der Waals surface area contributed by atoms with Crippen LogP contribution < -0.4 is 138 Å². The summed E-state index contributed by atoms with van der Waals surface area (Å²) in [5.74, 6) is 0. The first kappa shape index (κ1) is 38.0. The number of hydrogen-bond acceptors (Lipinski definition) is 8. The molecule has 18 heavy (non-hydrogen) atoms. The Bertz CT molecular complexity index is 205. The minimum absolute atomic E-state index is 0. The van der Waals surface area contributed by atoms with E-state index in [0.717, 1.165) is 0 Å². The fourth-order valence-corrected chi connectivity index (χ4v) is 0.949.